The van der Waals surface area contributed by atoms with Gasteiger partial charge in [0.05, 0.1) is 35.4 Å². The van der Waals surface area contributed by atoms with Crippen LogP contribution in [0.25, 0.3) is 0 Å². The van der Waals surface area contributed by atoms with Crippen molar-refractivity contribution in [2.45, 2.75) is 19.6 Å². The third-order valence-electron chi connectivity index (χ3n) is 3.50. The van der Waals surface area contributed by atoms with E-state index in [-0.39, 0.29) is 0 Å². The van der Waals surface area contributed by atoms with E-state index in [1.54, 1.807) is 36.4 Å². The molecule has 2 aromatic carbocycles. The molecule has 0 radical (unpaired) electrons. The van der Waals surface area contributed by atoms with Crippen molar-refractivity contribution in [1.29, 1.82) is 0 Å². The summed E-state index contributed by atoms with van der Waals surface area (Å²) in [5.74, 6) is 4.61. The Kier molecular flexibility index (Phi) is 9.69. The van der Waals surface area contributed by atoms with Gasteiger partial charge in [0, 0.05) is 11.1 Å². The SMILES string of the molecule is C#Cc1ccc(C(=O)OC)c(Cl)c1.COC(=O)c1ccc(C#C[Si](C)(C)C)cc1Cl. The van der Waals surface area contributed by atoms with Crippen molar-refractivity contribution in [1.82, 2.24) is 0 Å². The highest BCUT2D eigenvalue weighted by Gasteiger charge is 2.11. The van der Waals surface area contributed by atoms with Crippen molar-refractivity contribution in [2.75, 3.05) is 14.2 Å². The quantitative estimate of drug-likeness (QED) is 0.339. The molecule has 0 fully saturated rings. The molecule has 0 aliphatic heterocycles. The van der Waals surface area contributed by atoms with Gasteiger partial charge in [0.2, 0.25) is 0 Å². The first-order valence-corrected chi connectivity index (χ1v) is 13.0. The van der Waals surface area contributed by atoms with Crippen LogP contribution in [0.2, 0.25) is 29.7 Å². The Balaban J connectivity index is 0.000000311. The van der Waals surface area contributed by atoms with E-state index >= 15 is 0 Å². The average Bonchev–Trinajstić information content (AvgIpc) is 2.71. The summed E-state index contributed by atoms with van der Waals surface area (Å²) >= 11 is 11.8. The summed E-state index contributed by atoms with van der Waals surface area (Å²) in [6, 6.07) is 9.85. The van der Waals surface area contributed by atoms with Gasteiger partial charge in [-0.1, -0.05) is 54.7 Å². The van der Waals surface area contributed by atoms with Gasteiger partial charge in [0.1, 0.15) is 8.07 Å². The summed E-state index contributed by atoms with van der Waals surface area (Å²) in [4.78, 5) is 22.4. The number of carbonyl (C=O) groups excluding carboxylic acids is 2. The van der Waals surface area contributed by atoms with Gasteiger partial charge in [-0.05, 0) is 36.4 Å². The summed E-state index contributed by atoms with van der Waals surface area (Å²) in [5.41, 5.74) is 5.39. The first-order chi connectivity index (χ1) is 14.0. The lowest BCUT2D eigenvalue weighted by molar-refractivity contribution is 0.0592. The zero-order valence-electron chi connectivity index (χ0n) is 17.4. The number of carbonyl (C=O) groups is 2. The van der Waals surface area contributed by atoms with Crippen LogP contribution >= 0.6 is 23.2 Å². The van der Waals surface area contributed by atoms with Crippen LogP contribution < -0.4 is 0 Å². The molecule has 2 aromatic rings. The first kappa shape index (κ1) is 25.3. The van der Waals surface area contributed by atoms with Gasteiger partial charge >= 0.3 is 11.9 Å². The maximum atomic E-state index is 11.3. The van der Waals surface area contributed by atoms with E-state index < -0.39 is 20.0 Å². The minimum Gasteiger partial charge on any atom is -0.465 e. The van der Waals surface area contributed by atoms with Gasteiger partial charge in [0.15, 0.2) is 0 Å². The normalized spacial score (nSPS) is 9.80. The molecule has 0 aliphatic rings. The minimum absolute atomic E-state index is 0.308. The van der Waals surface area contributed by atoms with Crippen molar-refractivity contribution in [3.63, 3.8) is 0 Å². The lowest BCUT2D eigenvalue weighted by Crippen LogP contribution is -2.16. The lowest BCUT2D eigenvalue weighted by Gasteiger charge is -2.04. The van der Waals surface area contributed by atoms with Crippen LogP contribution in [0, 0.1) is 23.8 Å². The molecule has 0 atom stereocenters. The van der Waals surface area contributed by atoms with Crippen LogP contribution in [0.15, 0.2) is 36.4 Å². The topological polar surface area (TPSA) is 52.6 Å². The van der Waals surface area contributed by atoms with Gasteiger partial charge in [-0.3, -0.25) is 0 Å². The number of methoxy groups -OCH3 is 2. The van der Waals surface area contributed by atoms with Gasteiger partial charge in [0.25, 0.3) is 0 Å². The van der Waals surface area contributed by atoms with Crippen molar-refractivity contribution in [3.05, 3.63) is 68.7 Å². The predicted molar refractivity (Wildman–Crippen MR) is 124 cm³/mol. The molecular weight excluding hydrogens is 439 g/mol. The van der Waals surface area contributed by atoms with Crippen molar-refractivity contribution in [2.24, 2.45) is 0 Å². The van der Waals surface area contributed by atoms with Gasteiger partial charge in [-0.2, -0.15) is 0 Å². The van der Waals surface area contributed by atoms with Crippen LogP contribution in [0.4, 0.5) is 0 Å². The molecule has 0 bridgehead atoms. The van der Waals surface area contributed by atoms with Crippen LogP contribution in [-0.4, -0.2) is 34.2 Å². The zero-order valence-corrected chi connectivity index (χ0v) is 19.9. The highest BCUT2D eigenvalue weighted by atomic mass is 35.5. The number of terminal acetylenes is 1. The molecule has 0 amide bonds. The molecule has 0 saturated carbocycles. The Labute approximate surface area is 188 Å². The fourth-order valence-corrected chi connectivity index (χ4v) is 3.04. The predicted octanol–water partition coefficient (Wildman–Crippen LogP) is 5.46. The van der Waals surface area contributed by atoms with Crippen LogP contribution in [0.5, 0.6) is 0 Å². The second-order valence-corrected chi connectivity index (χ2v) is 12.6. The summed E-state index contributed by atoms with van der Waals surface area (Å²) in [7, 11) is 1.23. The highest BCUT2D eigenvalue weighted by Crippen LogP contribution is 2.19. The molecule has 0 heterocycles. The minimum atomic E-state index is -1.40. The van der Waals surface area contributed by atoms with E-state index in [2.05, 4.69) is 46.5 Å². The number of esters is 2. The molecule has 0 aromatic heterocycles. The number of halogens is 2. The number of rotatable bonds is 2. The van der Waals surface area contributed by atoms with Crippen molar-refractivity contribution >= 4 is 43.2 Å². The van der Waals surface area contributed by atoms with E-state index in [9.17, 15) is 9.59 Å². The van der Waals surface area contributed by atoms with Crippen molar-refractivity contribution in [3.8, 4) is 23.8 Å². The summed E-state index contributed by atoms with van der Waals surface area (Å²) in [6.45, 7) is 6.51. The fourth-order valence-electron chi connectivity index (χ4n) is 2.01. The monoisotopic (exact) mass is 460 g/mol. The van der Waals surface area contributed by atoms with Gasteiger partial charge < -0.3 is 9.47 Å². The number of ether oxygens (including phenoxy) is 2. The summed E-state index contributed by atoms with van der Waals surface area (Å²) < 4.78 is 9.13. The van der Waals surface area contributed by atoms with E-state index in [0.717, 1.165) is 5.56 Å². The Morgan fingerprint density at radius 1 is 0.867 bits per heavy atom. The smallest absolute Gasteiger partial charge is 0.339 e. The molecule has 0 saturated heterocycles. The van der Waals surface area contributed by atoms with E-state index in [4.69, 9.17) is 29.6 Å². The zero-order chi connectivity index (χ0) is 22.9. The summed E-state index contributed by atoms with van der Waals surface area (Å²) in [5, 5.41) is 0.682. The largest absolute Gasteiger partial charge is 0.465 e. The molecule has 30 heavy (non-hydrogen) atoms. The average molecular weight is 461 g/mol. The Bertz CT molecular complexity index is 1040. The molecule has 0 N–H and O–H groups in total. The second-order valence-electron chi connectivity index (χ2n) is 7.02. The van der Waals surface area contributed by atoms with E-state index in [0.29, 0.717) is 26.7 Å². The Hall–Kier alpha value is -2.70. The fraction of sp³-hybridized carbons (Fsp3) is 0.217. The molecule has 156 valence electrons. The highest BCUT2D eigenvalue weighted by molar-refractivity contribution is 6.83. The van der Waals surface area contributed by atoms with Crippen LogP contribution in [-0.2, 0) is 9.47 Å². The first-order valence-electron chi connectivity index (χ1n) is 8.78. The molecule has 0 aliphatic carbocycles. The van der Waals surface area contributed by atoms with Crippen LogP contribution in [0.1, 0.15) is 31.8 Å². The number of benzene rings is 2. The number of hydrogen-bond acceptors (Lipinski definition) is 4. The number of hydrogen-bond donors (Lipinski definition) is 0. The van der Waals surface area contributed by atoms with E-state index in [1.165, 1.54) is 14.2 Å². The third kappa shape index (κ3) is 7.97. The molecule has 7 heteroatoms. The molecule has 2 rings (SSSR count). The van der Waals surface area contributed by atoms with Gasteiger partial charge in [-0.25, -0.2) is 9.59 Å². The third-order valence-corrected chi connectivity index (χ3v) is 5.00. The standard InChI is InChI=1S/C13H15ClO2Si.C10H7ClO2/c1-16-13(15)11-6-5-10(9-12(11)14)7-8-17(2,3)4;1-3-7-4-5-8(9(11)6-7)10(12)13-2/h5-6,9H,1-4H3;1,4-6H,2H3. The molecule has 0 unspecified atom stereocenters. The maximum Gasteiger partial charge on any atom is 0.339 e. The molecule has 4 nitrogen and oxygen atoms in total. The Morgan fingerprint density at radius 2 is 1.30 bits per heavy atom. The van der Waals surface area contributed by atoms with Gasteiger partial charge in [-0.15, -0.1) is 12.0 Å². The van der Waals surface area contributed by atoms with E-state index in [1.807, 2.05) is 0 Å². The Morgan fingerprint density at radius 3 is 1.67 bits per heavy atom. The van der Waals surface area contributed by atoms with Crippen molar-refractivity contribution < 1.29 is 19.1 Å². The molecule has 0 spiro atoms. The maximum absolute atomic E-state index is 11.3. The summed E-state index contributed by atoms with van der Waals surface area (Å²) in [6.07, 6.45) is 5.15. The molecular formula is C23H22Cl2O4Si. The second kappa shape index (κ2) is 11.5. The lowest BCUT2D eigenvalue weighted by atomic mass is 10.1. The van der Waals surface area contributed by atoms with Crippen LogP contribution in [0.3, 0.4) is 0 Å².